The number of aryl methyl sites for hydroxylation is 4. The third-order valence-corrected chi connectivity index (χ3v) is 6.21. The van der Waals surface area contributed by atoms with Crippen LogP contribution in [-0.4, -0.2) is 36.9 Å². The molecule has 1 fully saturated rings. The van der Waals surface area contributed by atoms with Crippen molar-refractivity contribution in [1.82, 2.24) is 9.47 Å². The van der Waals surface area contributed by atoms with Crippen LogP contribution in [0, 0.1) is 27.7 Å². The Morgan fingerprint density at radius 1 is 1.08 bits per heavy atom. The van der Waals surface area contributed by atoms with E-state index < -0.39 is 10.0 Å². The monoisotopic (exact) mass is 379 g/mol. The van der Waals surface area contributed by atoms with E-state index in [1.807, 2.05) is 0 Å². The summed E-state index contributed by atoms with van der Waals surface area (Å²) < 4.78 is 31.5. The number of likely N-dealkylation sites (tertiary alicyclic amines) is 1. The number of nitrogens with two attached hydrogens (primary N) is 1. The first kappa shape index (κ1) is 18.7. The van der Waals surface area contributed by atoms with E-state index in [0.29, 0.717) is 19.1 Å². The Morgan fingerprint density at radius 3 is 2.12 bits per heavy atom. The van der Waals surface area contributed by atoms with Gasteiger partial charge in [-0.05, 0) is 52.7 Å². The van der Waals surface area contributed by atoms with Crippen LogP contribution in [0.15, 0.2) is 21.4 Å². The highest BCUT2D eigenvalue weighted by atomic mass is 32.2. The number of rotatable bonds is 3. The Kier molecular flexibility index (Phi) is 4.74. The smallest absolute Gasteiger partial charge is 0.258 e. The lowest BCUT2D eigenvalue weighted by molar-refractivity contribution is 0.0688. The molecule has 2 aromatic rings. The number of hydrogen-bond acceptors (Lipinski definition) is 4. The lowest BCUT2D eigenvalue weighted by Gasteiger charge is -2.34. The number of furan rings is 1. The molecule has 7 nitrogen and oxygen atoms in total. The number of carbonyl (C=O) groups excluding carboxylic acids is 1. The van der Waals surface area contributed by atoms with Crippen LogP contribution in [0.2, 0.25) is 0 Å². The van der Waals surface area contributed by atoms with Gasteiger partial charge in [-0.25, -0.2) is 13.6 Å². The van der Waals surface area contributed by atoms with E-state index in [-0.39, 0.29) is 27.9 Å². The minimum absolute atomic E-state index is 0.0665. The summed E-state index contributed by atoms with van der Waals surface area (Å²) in [6.45, 7) is 8.39. The number of amides is 1. The maximum absolute atomic E-state index is 13.0. The van der Waals surface area contributed by atoms with E-state index >= 15 is 0 Å². The second-order valence-electron chi connectivity index (χ2n) is 6.97. The maximum atomic E-state index is 13.0. The number of carbonyl (C=O) groups is 1. The van der Waals surface area contributed by atoms with Crippen molar-refractivity contribution in [3.63, 3.8) is 0 Å². The van der Waals surface area contributed by atoms with Crippen LogP contribution in [0.1, 0.15) is 52.1 Å². The molecule has 2 N–H and O–H groups in total. The molecule has 0 unspecified atom stereocenters. The van der Waals surface area contributed by atoms with Crippen LogP contribution < -0.4 is 5.14 Å². The molecule has 3 rings (SSSR count). The third kappa shape index (κ3) is 3.19. The van der Waals surface area contributed by atoms with E-state index in [1.165, 1.54) is 18.3 Å². The van der Waals surface area contributed by atoms with Gasteiger partial charge in [0.25, 0.3) is 5.91 Å². The molecule has 8 heteroatoms. The second-order valence-corrected chi connectivity index (χ2v) is 8.47. The van der Waals surface area contributed by atoms with E-state index in [9.17, 15) is 13.2 Å². The molecular weight excluding hydrogens is 354 g/mol. The summed E-state index contributed by atoms with van der Waals surface area (Å²) >= 11 is 0. The molecule has 3 heterocycles. The average molecular weight is 379 g/mol. The number of piperidine rings is 1. The van der Waals surface area contributed by atoms with Gasteiger partial charge in [0.1, 0.15) is 22.0 Å². The summed E-state index contributed by atoms with van der Waals surface area (Å²) in [5.74, 6) is 0.111. The topological polar surface area (TPSA) is 98.5 Å². The highest BCUT2D eigenvalue weighted by molar-refractivity contribution is 7.89. The zero-order valence-electron chi connectivity index (χ0n) is 15.6. The molecule has 1 amide bonds. The third-order valence-electron chi connectivity index (χ3n) is 5.15. The molecule has 0 aromatic carbocycles. The molecule has 0 saturated carbocycles. The average Bonchev–Trinajstić information content (AvgIpc) is 3.05. The molecule has 0 atom stereocenters. The van der Waals surface area contributed by atoms with E-state index in [2.05, 4.69) is 30.5 Å². The van der Waals surface area contributed by atoms with E-state index in [0.717, 1.165) is 12.8 Å². The molecule has 1 saturated heterocycles. The zero-order valence-corrected chi connectivity index (χ0v) is 16.4. The Balaban J connectivity index is 1.82. The summed E-state index contributed by atoms with van der Waals surface area (Å²) in [4.78, 5) is 14.5. The lowest BCUT2D eigenvalue weighted by atomic mass is 10.0. The van der Waals surface area contributed by atoms with Crippen LogP contribution in [0.25, 0.3) is 0 Å². The highest BCUT2D eigenvalue weighted by Gasteiger charge is 2.33. The molecule has 1 aliphatic rings. The van der Waals surface area contributed by atoms with Crippen LogP contribution in [0.5, 0.6) is 0 Å². The minimum atomic E-state index is -4.03. The maximum Gasteiger partial charge on any atom is 0.258 e. The normalized spacial score (nSPS) is 16.3. The number of sulfonamides is 1. The SMILES string of the molecule is Cc1oc(C)c(S(N)(=O)=O)c1C(=O)N1CCC(n2c(C)ccc2C)CC1. The zero-order chi connectivity index (χ0) is 19.2. The quantitative estimate of drug-likeness (QED) is 0.885. The Labute approximate surface area is 153 Å². The predicted octanol–water partition coefficient (Wildman–Crippen LogP) is 2.44. The Bertz CT molecular complexity index is 928. The molecule has 0 radical (unpaired) electrons. The van der Waals surface area contributed by atoms with Gasteiger partial charge in [-0.3, -0.25) is 4.79 Å². The molecule has 2 aromatic heterocycles. The van der Waals surface area contributed by atoms with Crippen LogP contribution in [0.3, 0.4) is 0 Å². The van der Waals surface area contributed by atoms with Crippen molar-refractivity contribution in [2.75, 3.05) is 13.1 Å². The van der Waals surface area contributed by atoms with Gasteiger partial charge in [-0.2, -0.15) is 0 Å². The molecule has 0 bridgehead atoms. The molecular formula is C18H25N3O4S. The molecule has 1 aliphatic heterocycles. The minimum Gasteiger partial charge on any atom is -0.464 e. The van der Waals surface area contributed by atoms with Gasteiger partial charge in [-0.1, -0.05) is 0 Å². The summed E-state index contributed by atoms with van der Waals surface area (Å²) in [5, 5.41) is 5.30. The highest BCUT2D eigenvalue weighted by Crippen LogP contribution is 2.30. The van der Waals surface area contributed by atoms with Gasteiger partial charge in [0, 0.05) is 30.5 Å². The van der Waals surface area contributed by atoms with Gasteiger partial charge in [-0.15, -0.1) is 0 Å². The molecule has 26 heavy (non-hydrogen) atoms. The first-order chi connectivity index (χ1) is 12.1. The van der Waals surface area contributed by atoms with Crippen molar-refractivity contribution in [3.8, 4) is 0 Å². The van der Waals surface area contributed by atoms with Gasteiger partial charge in [0.15, 0.2) is 0 Å². The van der Waals surface area contributed by atoms with E-state index in [1.54, 1.807) is 11.8 Å². The molecule has 0 aliphatic carbocycles. The van der Waals surface area contributed by atoms with Crippen molar-refractivity contribution in [3.05, 3.63) is 40.6 Å². The summed E-state index contributed by atoms with van der Waals surface area (Å²) in [6, 6.07) is 4.55. The summed E-state index contributed by atoms with van der Waals surface area (Å²) in [7, 11) is -4.03. The lowest BCUT2D eigenvalue weighted by Crippen LogP contribution is -2.40. The first-order valence-electron chi connectivity index (χ1n) is 8.67. The summed E-state index contributed by atoms with van der Waals surface area (Å²) in [6.07, 6.45) is 1.64. The summed E-state index contributed by atoms with van der Waals surface area (Å²) in [5.41, 5.74) is 2.49. The fourth-order valence-electron chi connectivity index (χ4n) is 3.99. The standard InChI is InChI=1S/C18H25N3O4S/c1-11-5-6-12(2)21(11)15-7-9-20(10-8-15)18(22)16-13(3)25-14(4)17(16)26(19,23)24/h5-6,15H,7-10H2,1-4H3,(H2,19,23,24). The number of hydrogen-bond donors (Lipinski definition) is 1. The van der Waals surface area contributed by atoms with Crippen molar-refractivity contribution in [2.45, 2.75) is 51.5 Å². The van der Waals surface area contributed by atoms with Gasteiger partial charge < -0.3 is 13.9 Å². The van der Waals surface area contributed by atoms with Crippen molar-refractivity contribution >= 4 is 15.9 Å². The van der Waals surface area contributed by atoms with Gasteiger partial charge in [0.05, 0.1) is 0 Å². The largest absolute Gasteiger partial charge is 0.464 e. The Hall–Kier alpha value is -2.06. The fourth-order valence-corrected chi connectivity index (χ4v) is 4.95. The van der Waals surface area contributed by atoms with Crippen LogP contribution in [-0.2, 0) is 10.0 Å². The number of primary sulfonamides is 1. The van der Waals surface area contributed by atoms with Crippen molar-refractivity contribution < 1.29 is 17.6 Å². The van der Waals surface area contributed by atoms with Gasteiger partial charge in [0.2, 0.25) is 10.0 Å². The van der Waals surface area contributed by atoms with Gasteiger partial charge >= 0.3 is 0 Å². The molecule has 0 spiro atoms. The fraction of sp³-hybridized carbons (Fsp3) is 0.500. The van der Waals surface area contributed by atoms with E-state index in [4.69, 9.17) is 9.56 Å². The second kappa shape index (κ2) is 6.59. The Morgan fingerprint density at radius 2 is 1.62 bits per heavy atom. The van der Waals surface area contributed by atoms with Crippen molar-refractivity contribution in [1.29, 1.82) is 0 Å². The van der Waals surface area contributed by atoms with Crippen LogP contribution in [0.4, 0.5) is 0 Å². The first-order valence-corrected chi connectivity index (χ1v) is 10.2. The predicted molar refractivity (Wildman–Crippen MR) is 97.6 cm³/mol. The number of aromatic nitrogens is 1. The van der Waals surface area contributed by atoms with Crippen molar-refractivity contribution in [2.24, 2.45) is 5.14 Å². The molecule has 142 valence electrons. The number of nitrogens with zero attached hydrogens (tertiary/aromatic N) is 2. The van der Waals surface area contributed by atoms with Crippen LogP contribution >= 0.6 is 0 Å².